The molecule has 2 aromatic rings. The summed E-state index contributed by atoms with van der Waals surface area (Å²) < 4.78 is 11.8. The number of allylic oxidation sites excluding steroid dienone is 1. The Morgan fingerprint density at radius 3 is 2.46 bits per heavy atom. The Morgan fingerprint density at radius 1 is 1.04 bits per heavy atom. The third kappa shape index (κ3) is 4.02. The van der Waals surface area contributed by atoms with Crippen molar-refractivity contribution >= 4 is 17.4 Å². The van der Waals surface area contributed by atoms with Crippen LogP contribution in [0.2, 0.25) is 0 Å². The number of benzene rings is 2. The van der Waals surface area contributed by atoms with Crippen LogP contribution in [-0.2, 0) is 0 Å². The minimum absolute atomic E-state index is 0.328. The molecule has 0 bridgehead atoms. The van der Waals surface area contributed by atoms with E-state index in [1.807, 2.05) is 0 Å². The highest BCUT2D eigenvalue weighted by Crippen LogP contribution is 2.40. The number of nitrogens with zero attached hydrogens (tertiary/aromatic N) is 1. The third-order valence-electron chi connectivity index (χ3n) is 5.91. The molecule has 28 heavy (non-hydrogen) atoms. The van der Waals surface area contributed by atoms with E-state index >= 15 is 0 Å². The topological polar surface area (TPSA) is 21.7 Å². The predicted molar refractivity (Wildman–Crippen MR) is 118 cm³/mol. The summed E-state index contributed by atoms with van der Waals surface area (Å²) >= 11 is 1.77. The van der Waals surface area contributed by atoms with Gasteiger partial charge in [-0.25, -0.2) is 0 Å². The van der Waals surface area contributed by atoms with Gasteiger partial charge in [0.25, 0.3) is 0 Å². The molecule has 0 amide bonds. The average Bonchev–Trinajstić information content (AvgIpc) is 3.37. The first-order chi connectivity index (χ1) is 13.7. The van der Waals surface area contributed by atoms with Crippen LogP contribution in [0, 0.1) is 0 Å². The third-order valence-corrected chi connectivity index (χ3v) is 6.65. The predicted octanol–water partition coefficient (Wildman–Crippen LogP) is 6.25. The molecular weight excluding hydrogens is 366 g/mol. The lowest BCUT2D eigenvalue weighted by Gasteiger charge is -2.21. The lowest BCUT2D eigenvalue weighted by atomic mass is 9.97. The second kappa shape index (κ2) is 8.52. The molecular formula is C24H29NO2S. The van der Waals surface area contributed by atoms with Gasteiger partial charge in [0.2, 0.25) is 0 Å². The smallest absolute Gasteiger partial charge is 0.161 e. The van der Waals surface area contributed by atoms with Crippen molar-refractivity contribution in [3.05, 3.63) is 60.3 Å². The van der Waals surface area contributed by atoms with Crippen molar-refractivity contribution in [1.29, 1.82) is 0 Å². The highest BCUT2D eigenvalue weighted by Gasteiger charge is 2.28. The van der Waals surface area contributed by atoms with Crippen molar-refractivity contribution < 1.29 is 9.47 Å². The quantitative estimate of drug-likeness (QED) is 0.539. The number of rotatable bonds is 6. The van der Waals surface area contributed by atoms with E-state index in [1.54, 1.807) is 18.9 Å². The Hall–Kier alpha value is -2.07. The van der Waals surface area contributed by atoms with Crippen LogP contribution < -0.4 is 14.4 Å². The lowest BCUT2D eigenvalue weighted by molar-refractivity contribution is 0.200. The molecule has 0 aromatic heterocycles. The van der Waals surface area contributed by atoms with Crippen molar-refractivity contribution in [3.63, 3.8) is 0 Å². The monoisotopic (exact) mass is 395 g/mol. The van der Waals surface area contributed by atoms with Crippen LogP contribution in [0.3, 0.4) is 0 Å². The van der Waals surface area contributed by atoms with E-state index in [2.05, 4.69) is 60.2 Å². The maximum absolute atomic E-state index is 6.30. The van der Waals surface area contributed by atoms with Gasteiger partial charge in [-0.2, -0.15) is 0 Å². The molecule has 1 saturated carbocycles. The maximum Gasteiger partial charge on any atom is 0.161 e. The summed E-state index contributed by atoms with van der Waals surface area (Å²) in [6.45, 7) is 5.29. The minimum Gasteiger partial charge on any atom is -0.493 e. The normalized spacial score (nSPS) is 20.0. The minimum atomic E-state index is 0.328. The fourth-order valence-corrected chi connectivity index (χ4v) is 4.72. The van der Waals surface area contributed by atoms with E-state index in [9.17, 15) is 0 Å². The van der Waals surface area contributed by atoms with Crippen LogP contribution in [-0.4, -0.2) is 26.0 Å². The fraction of sp³-hybridized carbons (Fsp3) is 0.417. The zero-order chi connectivity index (χ0) is 19.5. The van der Waals surface area contributed by atoms with Crippen molar-refractivity contribution in [2.45, 2.75) is 49.0 Å². The summed E-state index contributed by atoms with van der Waals surface area (Å²) in [5.41, 5.74) is 3.70. The van der Waals surface area contributed by atoms with Gasteiger partial charge in [0.1, 0.15) is 0 Å². The van der Waals surface area contributed by atoms with Gasteiger partial charge in [-0.15, -0.1) is 11.8 Å². The number of anilines is 1. The number of hydrogen-bond donors (Lipinski definition) is 0. The number of ether oxygens (including phenoxy) is 2. The van der Waals surface area contributed by atoms with Gasteiger partial charge in [0, 0.05) is 28.7 Å². The SMILES string of the molecule is C=C1C[C@H](c2ccc(OC)c(OC3CCCC3)c2)CN1c1ccc(SC)cc1. The molecule has 4 heteroatoms. The van der Waals surface area contributed by atoms with Gasteiger partial charge in [0.15, 0.2) is 11.5 Å². The Morgan fingerprint density at radius 2 is 1.79 bits per heavy atom. The molecule has 1 aliphatic heterocycles. The lowest BCUT2D eigenvalue weighted by Crippen LogP contribution is -2.17. The first kappa shape index (κ1) is 19.3. The van der Waals surface area contributed by atoms with Crippen LogP contribution in [0.25, 0.3) is 0 Å². The van der Waals surface area contributed by atoms with E-state index < -0.39 is 0 Å². The van der Waals surface area contributed by atoms with Gasteiger partial charge in [-0.3, -0.25) is 0 Å². The van der Waals surface area contributed by atoms with E-state index in [0.717, 1.165) is 37.3 Å². The number of thioether (sulfide) groups is 1. The van der Waals surface area contributed by atoms with Crippen molar-refractivity contribution in [3.8, 4) is 11.5 Å². The summed E-state index contributed by atoms with van der Waals surface area (Å²) in [6, 6.07) is 15.2. The summed E-state index contributed by atoms with van der Waals surface area (Å²) in [4.78, 5) is 3.63. The molecule has 0 unspecified atom stereocenters. The Balaban J connectivity index is 1.52. The van der Waals surface area contributed by atoms with Crippen LogP contribution in [0.15, 0.2) is 59.6 Å². The molecule has 4 rings (SSSR count). The van der Waals surface area contributed by atoms with Crippen LogP contribution in [0.5, 0.6) is 11.5 Å². The summed E-state index contributed by atoms with van der Waals surface area (Å²) in [7, 11) is 1.72. The van der Waals surface area contributed by atoms with Gasteiger partial charge in [-0.1, -0.05) is 12.6 Å². The molecule has 148 valence electrons. The summed E-state index contributed by atoms with van der Waals surface area (Å²) in [5.74, 6) is 2.14. The molecule has 0 N–H and O–H groups in total. The molecule has 1 heterocycles. The largest absolute Gasteiger partial charge is 0.493 e. The first-order valence-corrected chi connectivity index (χ1v) is 11.3. The van der Waals surface area contributed by atoms with Crippen molar-refractivity contribution in [1.82, 2.24) is 0 Å². The Labute approximate surface area is 172 Å². The van der Waals surface area contributed by atoms with E-state index in [4.69, 9.17) is 9.47 Å². The zero-order valence-electron chi connectivity index (χ0n) is 16.8. The molecule has 0 radical (unpaired) electrons. The average molecular weight is 396 g/mol. The maximum atomic E-state index is 6.30. The van der Waals surface area contributed by atoms with Gasteiger partial charge in [0.05, 0.1) is 13.2 Å². The summed E-state index contributed by atoms with van der Waals surface area (Å²) in [5, 5.41) is 0. The van der Waals surface area contributed by atoms with E-state index in [-0.39, 0.29) is 0 Å². The molecule has 1 saturated heterocycles. The van der Waals surface area contributed by atoms with Crippen LogP contribution in [0.4, 0.5) is 5.69 Å². The fourth-order valence-electron chi connectivity index (χ4n) is 4.31. The second-order valence-corrected chi connectivity index (χ2v) is 8.59. The van der Waals surface area contributed by atoms with E-state index in [1.165, 1.54) is 34.7 Å². The van der Waals surface area contributed by atoms with Gasteiger partial charge in [-0.05, 0) is 80.3 Å². The number of hydrogen-bond acceptors (Lipinski definition) is 4. The summed E-state index contributed by atoms with van der Waals surface area (Å²) in [6.07, 6.45) is 8.22. The zero-order valence-corrected chi connectivity index (χ0v) is 17.6. The number of methoxy groups -OCH3 is 1. The van der Waals surface area contributed by atoms with E-state index in [0.29, 0.717) is 12.0 Å². The van der Waals surface area contributed by atoms with Gasteiger partial charge < -0.3 is 14.4 Å². The van der Waals surface area contributed by atoms with Crippen LogP contribution in [0.1, 0.15) is 43.6 Å². The molecule has 2 aliphatic rings. The van der Waals surface area contributed by atoms with Crippen LogP contribution >= 0.6 is 11.8 Å². The molecule has 1 atom stereocenters. The standard InChI is InChI=1S/C24H29NO2S/c1-17-14-19(16-25(17)20-9-11-22(28-3)12-10-20)18-8-13-23(26-2)24(15-18)27-21-6-4-5-7-21/h8-13,15,19,21H,1,4-7,14,16H2,2-3H3/t19-/m0/s1. The Kier molecular flexibility index (Phi) is 5.86. The Bertz CT molecular complexity index is 827. The molecule has 0 spiro atoms. The first-order valence-electron chi connectivity index (χ1n) is 10.1. The highest BCUT2D eigenvalue weighted by molar-refractivity contribution is 7.98. The van der Waals surface area contributed by atoms with Crippen molar-refractivity contribution in [2.24, 2.45) is 0 Å². The molecule has 2 aromatic carbocycles. The van der Waals surface area contributed by atoms with Gasteiger partial charge >= 0.3 is 0 Å². The molecule has 1 aliphatic carbocycles. The molecule has 2 fully saturated rings. The highest BCUT2D eigenvalue weighted by atomic mass is 32.2. The van der Waals surface area contributed by atoms with Crippen molar-refractivity contribution in [2.75, 3.05) is 24.8 Å². The molecule has 3 nitrogen and oxygen atoms in total. The second-order valence-electron chi connectivity index (χ2n) is 7.71.